The summed E-state index contributed by atoms with van der Waals surface area (Å²) in [6.45, 7) is 1.91. The molecule has 24 heavy (non-hydrogen) atoms. The molecule has 0 heterocycles. The van der Waals surface area contributed by atoms with Gasteiger partial charge in [-0.3, -0.25) is 4.79 Å². The Morgan fingerprint density at radius 1 is 1.08 bits per heavy atom. The van der Waals surface area contributed by atoms with Crippen LogP contribution >= 0.6 is 15.9 Å². The van der Waals surface area contributed by atoms with E-state index in [0.29, 0.717) is 11.3 Å². The van der Waals surface area contributed by atoms with Crippen LogP contribution in [-0.2, 0) is 0 Å². The first-order valence-electron chi connectivity index (χ1n) is 7.51. The molecule has 3 amide bonds. The van der Waals surface area contributed by atoms with E-state index in [-0.39, 0.29) is 18.0 Å². The molecular formula is C18H20BrN3O2. The highest BCUT2D eigenvalue weighted by molar-refractivity contribution is 9.10. The van der Waals surface area contributed by atoms with Crippen LogP contribution in [0.25, 0.3) is 0 Å². The summed E-state index contributed by atoms with van der Waals surface area (Å²) in [6.07, 6.45) is 0. The minimum absolute atomic E-state index is 0.110. The Kier molecular flexibility index (Phi) is 5.98. The molecular weight excluding hydrogens is 370 g/mol. The molecule has 126 valence electrons. The number of halogens is 1. The number of nitrogens with one attached hydrogen (secondary N) is 2. The van der Waals surface area contributed by atoms with Gasteiger partial charge in [0.15, 0.2) is 0 Å². The first-order valence-corrected chi connectivity index (χ1v) is 8.31. The fraction of sp³-hybridized carbons (Fsp3) is 0.222. The molecule has 5 nitrogen and oxygen atoms in total. The van der Waals surface area contributed by atoms with Gasteiger partial charge >= 0.3 is 6.03 Å². The SMILES string of the molecule is CC(NC(=O)Nc1cccc(C(=O)N(C)C)c1)c1cccc(Br)c1. The van der Waals surface area contributed by atoms with Crippen molar-refractivity contribution in [2.24, 2.45) is 0 Å². The lowest BCUT2D eigenvalue weighted by atomic mass is 10.1. The Balaban J connectivity index is 2.02. The fourth-order valence-electron chi connectivity index (χ4n) is 2.21. The normalized spacial score (nSPS) is 11.5. The van der Waals surface area contributed by atoms with E-state index in [0.717, 1.165) is 10.0 Å². The molecule has 0 bridgehead atoms. The quantitative estimate of drug-likeness (QED) is 0.828. The minimum Gasteiger partial charge on any atom is -0.345 e. The average molecular weight is 390 g/mol. The predicted molar refractivity (Wildman–Crippen MR) is 99.2 cm³/mol. The molecule has 0 fully saturated rings. The molecule has 2 N–H and O–H groups in total. The number of benzene rings is 2. The molecule has 0 aliphatic carbocycles. The van der Waals surface area contributed by atoms with Gasteiger partial charge in [-0.25, -0.2) is 4.79 Å². The molecule has 2 aromatic rings. The Morgan fingerprint density at radius 3 is 2.46 bits per heavy atom. The van der Waals surface area contributed by atoms with E-state index < -0.39 is 0 Å². The van der Waals surface area contributed by atoms with Gasteiger partial charge in [0.2, 0.25) is 0 Å². The Morgan fingerprint density at radius 2 is 1.79 bits per heavy atom. The topological polar surface area (TPSA) is 61.4 Å². The summed E-state index contributed by atoms with van der Waals surface area (Å²) < 4.78 is 0.962. The first kappa shape index (κ1) is 18.0. The van der Waals surface area contributed by atoms with Crippen molar-refractivity contribution in [3.05, 3.63) is 64.1 Å². The third-order valence-corrected chi connectivity index (χ3v) is 3.96. The zero-order chi connectivity index (χ0) is 17.7. The van der Waals surface area contributed by atoms with Crippen molar-refractivity contribution in [1.82, 2.24) is 10.2 Å². The Bertz CT molecular complexity index is 747. The van der Waals surface area contributed by atoms with Gasteiger partial charge in [0.25, 0.3) is 5.91 Å². The second kappa shape index (κ2) is 7.97. The molecule has 1 unspecified atom stereocenters. The smallest absolute Gasteiger partial charge is 0.319 e. The average Bonchev–Trinajstić information content (AvgIpc) is 2.54. The second-order valence-corrected chi connectivity index (χ2v) is 6.57. The van der Waals surface area contributed by atoms with Crippen LogP contribution in [0.2, 0.25) is 0 Å². The number of rotatable bonds is 4. The molecule has 0 saturated carbocycles. The van der Waals surface area contributed by atoms with Crippen molar-refractivity contribution >= 4 is 33.6 Å². The number of carbonyl (C=O) groups is 2. The maximum absolute atomic E-state index is 12.2. The van der Waals surface area contributed by atoms with E-state index in [9.17, 15) is 9.59 Å². The lowest BCUT2D eigenvalue weighted by molar-refractivity contribution is 0.0827. The standard InChI is InChI=1S/C18H20BrN3O2/c1-12(13-6-4-8-15(19)10-13)20-18(24)21-16-9-5-7-14(11-16)17(23)22(2)3/h4-12H,1-3H3,(H2,20,21,24). The number of urea groups is 1. The molecule has 2 aromatic carbocycles. The monoisotopic (exact) mass is 389 g/mol. The van der Waals surface area contributed by atoms with Crippen molar-refractivity contribution < 1.29 is 9.59 Å². The summed E-state index contributed by atoms with van der Waals surface area (Å²) in [5.74, 6) is -0.110. The maximum Gasteiger partial charge on any atom is 0.319 e. The van der Waals surface area contributed by atoms with E-state index in [1.165, 1.54) is 4.90 Å². The lowest BCUT2D eigenvalue weighted by Gasteiger charge is -2.16. The van der Waals surface area contributed by atoms with Gasteiger partial charge in [0.1, 0.15) is 0 Å². The van der Waals surface area contributed by atoms with Gasteiger partial charge < -0.3 is 15.5 Å². The summed E-state index contributed by atoms with van der Waals surface area (Å²) in [7, 11) is 3.38. The molecule has 0 spiro atoms. The van der Waals surface area contributed by atoms with Crippen LogP contribution in [0.4, 0.5) is 10.5 Å². The van der Waals surface area contributed by atoms with Crippen molar-refractivity contribution in [3.63, 3.8) is 0 Å². The van der Waals surface area contributed by atoms with E-state index >= 15 is 0 Å². The minimum atomic E-state index is -0.322. The summed E-state index contributed by atoms with van der Waals surface area (Å²) >= 11 is 3.42. The predicted octanol–water partition coefficient (Wildman–Crippen LogP) is 4.03. The van der Waals surface area contributed by atoms with Crippen molar-refractivity contribution in [2.45, 2.75) is 13.0 Å². The number of nitrogens with zero attached hydrogens (tertiary/aromatic N) is 1. The summed E-state index contributed by atoms with van der Waals surface area (Å²) in [4.78, 5) is 25.6. The van der Waals surface area contributed by atoms with Gasteiger partial charge in [-0.05, 0) is 42.8 Å². The largest absolute Gasteiger partial charge is 0.345 e. The van der Waals surface area contributed by atoms with Gasteiger partial charge in [0.05, 0.1) is 6.04 Å². The third-order valence-electron chi connectivity index (χ3n) is 3.47. The Labute approximate surface area is 150 Å². The van der Waals surface area contributed by atoms with Gasteiger partial charge in [0, 0.05) is 29.8 Å². The lowest BCUT2D eigenvalue weighted by Crippen LogP contribution is -2.31. The van der Waals surface area contributed by atoms with Crippen LogP contribution in [0, 0.1) is 0 Å². The van der Waals surface area contributed by atoms with Crippen molar-refractivity contribution in [2.75, 3.05) is 19.4 Å². The molecule has 1 atom stereocenters. The van der Waals surface area contributed by atoms with Gasteiger partial charge in [-0.2, -0.15) is 0 Å². The number of amides is 3. The van der Waals surface area contributed by atoms with Gasteiger partial charge in [-0.1, -0.05) is 34.1 Å². The zero-order valence-electron chi connectivity index (χ0n) is 13.8. The molecule has 0 aliphatic heterocycles. The fourth-order valence-corrected chi connectivity index (χ4v) is 2.63. The Hall–Kier alpha value is -2.34. The highest BCUT2D eigenvalue weighted by atomic mass is 79.9. The van der Waals surface area contributed by atoms with Crippen molar-refractivity contribution in [1.29, 1.82) is 0 Å². The van der Waals surface area contributed by atoms with Crippen molar-refractivity contribution in [3.8, 4) is 0 Å². The second-order valence-electron chi connectivity index (χ2n) is 5.66. The highest BCUT2D eigenvalue weighted by Crippen LogP contribution is 2.18. The van der Waals surface area contributed by atoms with E-state index in [1.54, 1.807) is 38.4 Å². The third kappa shape index (κ3) is 4.83. The first-order chi connectivity index (χ1) is 11.4. The number of hydrogen-bond acceptors (Lipinski definition) is 2. The van der Waals surface area contributed by atoms with Crippen LogP contribution in [-0.4, -0.2) is 30.9 Å². The number of anilines is 1. The molecule has 2 rings (SSSR count). The summed E-state index contributed by atoms with van der Waals surface area (Å²) in [6, 6.07) is 14.2. The maximum atomic E-state index is 12.2. The van der Waals surface area contributed by atoms with Crippen LogP contribution < -0.4 is 10.6 Å². The number of hydrogen-bond donors (Lipinski definition) is 2. The van der Waals surface area contributed by atoms with E-state index in [4.69, 9.17) is 0 Å². The van der Waals surface area contributed by atoms with Crippen LogP contribution in [0.1, 0.15) is 28.9 Å². The van der Waals surface area contributed by atoms with Crippen LogP contribution in [0.3, 0.4) is 0 Å². The van der Waals surface area contributed by atoms with Crippen LogP contribution in [0.5, 0.6) is 0 Å². The summed E-state index contributed by atoms with van der Waals surface area (Å²) in [5, 5.41) is 5.64. The zero-order valence-corrected chi connectivity index (χ0v) is 15.4. The van der Waals surface area contributed by atoms with E-state index in [2.05, 4.69) is 26.6 Å². The molecule has 0 saturated heterocycles. The number of carbonyl (C=O) groups excluding carboxylic acids is 2. The molecule has 6 heteroatoms. The molecule has 0 aromatic heterocycles. The molecule has 0 aliphatic rings. The highest BCUT2D eigenvalue weighted by Gasteiger charge is 2.12. The van der Waals surface area contributed by atoms with E-state index in [1.807, 2.05) is 31.2 Å². The van der Waals surface area contributed by atoms with Crippen LogP contribution in [0.15, 0.2) is 53.0 Å². The molecule has 0 radical (unpaired) electrons. The van der Waals surface area contributed by atoms with Gasteiger partial charge in [-0.15, -0.1) is 0 Å². The summed E-state index contributed by atoms with van der Waals surface area (Å²) in [5.41, 5.74) is 2.09.